The van der Waals surface area contributed by atoms with Gasteiger partial charge >= 0.3 is 5.97 Å². The lowest BCUT2D eigenvalue weighted by atomic mass is 9.74. The van der Waals surface area contributed by atoms with Crippen molar-refractivity contribution in [2.75, 3.05) is 0 Å². The lowest BCUT2D eigenvalue weighted by Crippen LogP contribution is -2.64. The van der Waals surface area contributed by atoms with Crippen LogP contribution in [-0.2, 0) is 9.53 Å². The largest absolute Gasteiger partial charge is 0.453 e. The second-order valence-corrected chi connectivity index (χ2v) is 6.53. The molecule has 27 heavy (non-hydrogen) atoms. The van der Waals surface area contributed by atoms with E-state index in [1.54, 1.807) is 24.3 Å². The first-order valence-corrected chi connectivity index (χ1v) is 8.24. The van der Waals surface area contributed by atoms with Crippen molar-refractivity contribution in [3.63, 3.8) is 0 Å². The standard InChI is InChI=1S/C20H18O7/c1-19(25)18(24)27-17(15(22)14(21)12-8-4-2-5-9-12)20(19,26)16(23)13-10-6-3-7-11-13/h2-11,15,17,22,25-26H,1H3/t15?,17-,19+,20-/m1/s1. The van der Waals surface area contributed by atoms with E-state index in [-0.39, 0.29) is 11.1 Å². The monoisotopic (exact) mass is 370 g/mol. The Bertz CT molecular complexity index is 876. The highest BCUT2D eigenvalue weighted by atomic mass is 16.6. The molecule has 0 aromatic heterocycles. The van der Waals surface area contributed by atoms with Crippen molar-refractivity contribution in [2.24, 2.45) is 0 Å². The number of benzene rings is 2. The smallest absolute Gasteiger partial charge is 0.342 e. The molecule has 0 aliphatic carbocycles. The van der Waals surface area contributed by atoms with Gasteiger partial charge in [0, 0.05) is 11.1 Å². The zero-order valence-corrected chi connectivity index (χ0v) is 14.4. The molecule has 0 amide bonds. The predicted octanol–water partition coefficient (Wildman–Crippen LogP) is 0.521. The average Bonchev–Trinajstić information content (AvgIpc) is 2.88. The molecule has 0 bridgehead atoms. The maximum absolute atomic E-state index is 12.9. The third-order valence-electron chi connectivity index (χ3n) is 4.78. The summed E-state index contributed by atoms with van der Waals surface area (Å²) in [5.74, 6) is -3.20. The number of ether oxygens (including phenoxy) is 1. The maximum atomic E-state index is 12.9. The molecule has 140 valence electrons. The number of cyclic esters (lactones) is 1. The highest BCUT2D eigenvalue weighted by molar-refractivity contribution is 6.10. The zero-order valence-electron chi connectivity index (χ0n) is 14.4. The molecular weight excluding hydrogens is 352 g/mol. The Labute approximate surface area is 154 Å². The Morgan fingerprint density at radius 1 is 0.963 bits per heavy atom. The molecular formula is C20H18O7. The van der Waals surface area contributed by atoms with Crippen LogP contribution in [0.5, 0.6) is 0 Å². The van der Waals surface area contributed by atoms with E-state index in [0.29, 0.717) is 0 Å². The van der Waals surface area contributed by atoms with Gasteiger partial charge in [-0.05, 0) is 6.92 Å². The van der Waals surface area contributed by atoms with Crippen molar-refractivity contribution < 1.29 is 34.4 Å². The SMILES string of the molecule is C[C@]1(O)C(=O)O[C@H](C(O)C(=O)c2ccccc2)[C@]1(O)C(=O)c1ccccc1. The van der Waals surface area contributed by atoms with Crippen LogP contribution in [-0.4, -0.2) is 56.3 Å². The van der Waals surface area contributed by atoms with Gasteiger partial charge in [-0.2, -0.15) is 0 Å². The maximum Gasteiger partial charge on any atom is 0.342 e. The van der Waals surface area contributed by atoms with E-state index in [1.165, 1.54) is 36.4 Å². The molecule has 2 aromatic rings. The van der Waals surface area contributed by atoms with Crippen molar-refractivity contribution in [2.45, 2.75) is 30.3 Å². The highest BCUT2D eigenvalue weighted by Crippen LogP contribution is 2.40. The molecule has 1 heterocycles. The van der Waals surface area contributed by atoms with E-state index in [9.17, 15) is 29.7 Å². The van der Waals surface area contributed by atoms with Crippen LogP contribution >= 0.6 is 0 Å². The Morgan fingerprint density at radius 3 is 1.96 bits per heavy atom. The average molecular weight is 370 g/mol. The number of carbonyl (C=O) groups excluding carboxylic acids is 3. The summed E-state index contributed by atoms with van der Waals surface area (Å²) in [4.78, 5) is 37.6. The molecule has 7 heteroatoms. The summed E-state index contributed by atoms with van der Waals surface area (Å²) in [5, 5.41) is 32.1. The minimum Gasteiger partial charge on any atom is -0.453 e. The highest BCUT2D eigenvalue weighted by Gasteiger charge is 2.71. The molecule has 1 aliphatic heterocycles. The van der Waals surface area contributed by atoms with Gasteiger partial charge in [0.05, 0.1) is 0 Å². The number of hydrogen-bond donors (Lipinski definition) is 3. The van der Waals surface area contributed by atoms with Gasteiger partial charge in [0.1, 0.15) is 0 Å². The van der Waals surface area contributed by atoms with Crippen LogP contribution in [0.15, 0.2) is 60.7 Å². The molecule has 0 spiro atoms. The molecule has 7 nitrogen and oxygen atoms in total. The second-order valence-electron chi connectivity index (χ2n) is 6.53. The van der Waals surface area contributed by atoms with Crippen molar-refractivity contribution in [1.29, 1.82) is 0 Å². The fraction of sp³-hybridized carbons (Fsp3) is 0.250. The molecule has 1 unspecified atom stereocenters. The van der Waals surface area contributed by atoms with Gasteiger partial charge in [0.15, 0.2) is 23.6 Å². The number of ketones is 2. The summed E-state index contributed by atoms with van der Waals surface area (Å²) in [6.07, 6.45) is -4.02. The van der Waals surface area contributed by atoms with Gasteiger partial charge in [-0.15, -0.1) is 0 Å². The van der Waals surface area contributed by atoms with Crippen LogP contribution in [0.25, 0.3) is 0 Å². The van der Waals surface area contributed by atoms with E-state index in [0.717, 1.165) is 6.92 Å². The normalized spacial score (nSPS) is 28.4. The molecule has 3 N–H and O–H groups in total. The van der Waals surface area contributed by atoms with Crippen LogP contribution in [0.2, 0.25) is 0 Å². The van der Waals surface area contributed by atoms with E-state index >= 15 is 0 Å². The van der Waals surface area contributed by atoms with Crippen molar-refractivity contribution in [3.8, 4) is 0 Å². The first kappa shape index (κ1) is 18.9. The fourth-order valence-corrected chi connectivity index (χ4v) is 3.11. The number of aliphatic hydroxyl groups is 3. The molecule has 1 fully saturated rings. The fourth-order valence-electron chi connectivity index (χ4n) is 3.11. The van der Waals surface area contributed by atoms with Crippen LogP contribution < -0.4 is 0 Å². The minimum absolute atomic E-state index is 0.0112. The van der Waals surface area contributed by atoms with Gasteiger partial charge in [-0.3, -0.25) is 9.59 Å². The van der Waals surface area contributed by atoms with Crippen molar-refractivity contribution in [1.82, 2.24) is 0 Å². The molecule has 0 radical (unpaired) electrons. The molecule has 2 aromatic carbocycles. The number of hydrogen-bond acceptors (Lipinski definition) is 7. The van der Waals surface area contributed by atoms with Gasteiger partial charge in [-0.25, -0.2) is 4.79 Å². The Hall–Kier alpha value is -2.87. The van der Waals surface area contributed by atoms with E-state index in [4.69, 9.17) is 4.74 Å². The summed E-state index contributed by atoms with van der Waals surface area (Å²) in [6, 6.07) is 15.1. The summed E-state index contributed by atoms with van der Waals surface area (Å²) in [6.45, 7) is 0.913. The Balaban J connectivity index is 2.04. The van der Waals surface area contributed by atoms with Crippen molar-refractivity contribution in [3.05, 3.63) is 71.8 Å². The third-order valence-corrected chi connectivity index (χ3v) is 4.78. The van der Waals surface area contributed by atoms with Crippen molar-refractivity contribution >= 4 is 17.5 Å². The topological polar surface area (TPSA) is 121 Å². The zero-order chi connectivity index (χ0) is 19.8. The third kappa shape index (κ3) is 2.86. The lowest BCUT2D eigenvalue weighted by molar-refractivity contribution is -0.157. The number of Topliss-reactive ketones (excluding diaryl/α,β-unsaturated/α-hetero) is 2. The Kier molecular flexibility index (Phi) is 4.69. The van der Waals surface area contributed by atoms with Gasteiger partial charge in [0.25, 0.3) is 0 Å². The Morgan fingerprint density at radius 2 is 1.44 bits per heavy atom. The van der Waals surface area contributed by atoms with Crippen LogP contribution in [0.1, 0.15) is 27.6 Å². The number of esters is 1. The quantitative estimate of drug-likeness (QED) is 0.518. The summed E-state index contributed by atoms with van der Waals surface area (Å²) in [5.41, 5.74) is -5.41. The summed E-state index contributed by atoms with van der Waals surface area (Å²) in [7, 11) is 0. The molecule has 4 atom stereocenters. The molecule has 1 saturated heterocycles. The van der Waals surface area contributed by atoms with Gasteiger partial charge < -0.3 is 20.1 Å². The number of carbonyl (C=O) groups is 3. The van der Waals surface area contributed by atoms with Crippen LogP contribution in [0.3, 0.4) is 0 Å². The second kappa shape index (κ2) is 6.70. The van der Waals surface area contributed by atoms with Gasteiger partial charge in [-0.1, -0.05) is 60.7 Å². The predicted molar refractivity (Wildman–Crippen MR) is 93.0 cm³/mol. The summed E-state index contributed by atoms with van der Waals surface area (Å²) >= 11 is 0. The van der Waals surface area contributed by atoms with Gasteiger partial charge in [0.2, 0.25) is 11.4 Å². The molecule has 0 saturated carbocycles. The molecule has 3 rings (SSSR count). The summed E-state index contributed by atoms with van der Waals surface area (Å²) < 4.78 is 4.91. The lowest BCUT2D eigenvalue weighted by Gasteiger charge is -2.34. The van der Waals surface area contributed by atoms with E-state index in [1.807, 2.05) is 0 Å². The van der Waals surface area contributed by atoms with E-state index in [2.05, 4.69) is 0 Å². The number of rotatable bonds is 5. The van der Waals surface area contributed by atoms with E-state index < -0.39 is 40.9 Å². The number of aliphatic hydroxyl groups excluding tert-OH is 1. The first-order chi connectivity index (χ1) is 12.7. The van der Waals surface area contributed by atoms with Crippen LogP contribution in [0, 0.1) is 0 Å². The minimum atomic E-state index is -2.85. The molecule has 1 aliphatic rings. The van der Waals surface area contributed by atoms with Crippen LogP contribution in [0.4, 0.5) is 0 Å². The first-order valence-electron chi connectivity index (χ1n) is 8.24.